The maximum absolute atomic E-state index is 13.7. The third-order valence-electron chi connectivity index (χ3n) is 2.48. The third kappa shape index (κ3) is 3.91. The van der Waals surface area contributed by atoms with Gasteiger partial charge in [-0.2, -0.15) is 4.72 Å². The van der Waals surface area contributed by atoms with Crippen LogP contribution in [0, 0.1) is 11.7 Å². The molecule has 0 aliphatic rings. The van der Waals surface area contributed by atoms with E-state index in [1.54, 1.807) is 0 Å². The fourth-order valence-corrected chi connectivity index (χ4v) is 3.38. The SMILES string of the molecule is CC(C)C(NS(=O)(=O)c1cc(Cl)c(Br)cc1F)C(=O)O. The summed E-state index contributed by atoms with van der Waals surface area (Å²) in [5.74, 6) is -2.87. The first-order valence-electron chi connectivity index (χ1n) is 5.46. The Morgan fingerprint density at radius 2 is 2.00 bits per heavy atom. The molecule has 1 atom stereocenters. The number of hydrogen-bond donors (Lipinski definition) is 2. The summed E-state index contributed by atoms with van der Waals surface area (Å²) in [5, 5.41) is 8.97. The molecule has 1 unspecified atom stereocenters. The van der Waals surface area contributed by atoms with Crippen LogP contribution in [0.1, 0.15) is 13.8 Å². The summed E-state index contributed by atoms with van der Waals surface area (Å²) in [7, 11) is -4.33. The Bertz CT molecular complexity index is 636. The van der Waals surface area contributed by atoms with Crippen LogP contribution in [-0.2, 0) is 14.8 Å². The van der Waals surface area contributed by atoms with Gasteiger partial charge in [0.1, 0.15) is 16.8 Å². The van der Waals surface area contributed by atoms with Gasteiger partial charge in [0, 0.05) is 4.47 Å². The summed E-state index contributed by atoms with van der Waals surface area (Å²) in [5.41, 5.74) is 0. The molecule has 1 aromatic carbocycles. The highest BCUT2D eigenvalue weighted by Crippen LogP contribution is 2.28. The average molecular weight is 389 g/mol. The molecular weight excluding hydrogens is 377 g/mol. The van der Waals surface area contributed by atoms with E-state index in [2.05, 4.69) is 15.9 Å². The Kier molecular flexibility index (Phi) is 5.54. The van der Waals surface area contributed by atoms with E-state index in [9.17, 15) is 17.6 Å². The van der Waals surface area contributed by atoms with Crippen molar-refractivity contribution in [3.63, 3.8) is 0 Å². The van der Waals surface area contributed by atoms with E-state index in [0.717, 1.165) is 12.1 Å². The predicted molar refractivity (Wildman–Crippen MR) is 75.7 cm³/mol. The van der Waals surface area contributed by atoms with Gasteiger partial charge in [0.15, 0.2) is 0 Å². The fourth-order valence-electron chi connectivity index (χ4n) is 1.41. The number of benzene rings is 1. The van der Waals surface area contributed by atoms with Crippen molar-refractivity contribution in [2.75, 3.05) is 0 Å². The summed E-state index contributed by atoms with van der Waals surface area (Å²) < 4.78 is 40.0. The lowest BCUT2D eigenvalue weighted by molar-refractivity contribution is -0.140. The van der Waals surface area contributed by atoms with Crippen LogP contribution in [0.2, 0.25) is 5.02 Å². The lowest BCUT2D eigenvalue weighted by atomic mass is 10.1. The number of nitrogens with one attached hydrogen (secondary N) is 1. The zero-order chi connectivity index (χ0) is 15.7. The van der Waals surface area contributed by atoms with E-state index in [0.29, 0.717) is 0 Å². The van der Waals surface area contributed by atoms with E-state index in [1.165, 1.54) is 13.8 Å². The average Bonchev–Trinajstić information content (AvgIpc) is 2.30. The van der Waals surface area contributed by atoms with Crippen molar-refractivity contribution in [3.05, 3.63) is 27.4 Å². The highest BCUT2D eigenvalue weighted by Gasteiger charge is 2.30. The molecule has 0 aliphatic heterocycles. The summed E-state index contributed by atoms with van der Waals surface area (Å²) in [4.78, 5) is 10.3. The molecule has 0 bridgehead atoms. The quantitative estimate of drug-likeness (QED) is 0.760. The molecule has 0 heterocycles. The fraction of sp³-hybridized carbons (Fsp3) is 0.364. The van der Waals surface area contributed by atoms with Crippen molar-refractivity contribution in [2.45, 2.75) is 24.8 Å². The Morgan fingerprint density at radius 3 is 2.45 bits per heavy atom. The molecule has 112 valence electrons. The molecule has 5 nitrogen and oxygen atoms in total. The van der Waals surface area contributed by atoms with E-state index in [-0.39, 0.29) is 9.50 Å². The smallest absolute Gasteiger partial charge is 0.322 e. The summed E-state index contributed by atoms with van der Waals surface area (Å²) in [6, 6.07) is 0.465. The maximum Gasteiger partial charge on any atom is 0.322 e. The van der Waals surface area contributed by atoms with Crippen LogP contribution < -0.4 is 4.72 Å². The molecule has 0 saturated heterocycles. The van der Waals surface area contributed by atoms with Crippen molar-refractivity contribution < 1.29 is 22.7 Å². The second-order valence-corrected chi connectivity index (χ2v) is 7.32. The molecule has 0 aromatic heterocycles. The van der Waals surface area contributed by atoms with Crippen LogP contribution in [0.3, 0.4) is 0 Å². The zero-order valence-corrected chi connectivity index (χ0v) is 13.7. The Balaban J connectivity index is 3.24. The van der Waals surface area contributed by atoms with Gasteiger partial charge in [-0.05, 0) is 34.0 Å². The van der Waals surface area contributed by atoms with Crippen LogP contribution >= 0.6 is 27.5 Å². The largest absolute Gasteiger partial charge is 0.480 e. The number of carboxylic acid groups (broad SMARTS) is 1. The molecule has 0 saturated carbocycles. The van der Waals surface area contributed by atoms with Crippen molar-refractivity contribution in [1.29, 1.82) is 0 Å². The molecule has 0 fully saturated rings. The lowest BCUT2D eigenvalue weighted by Gasteiger charge is -2.18. The molecule has 0 spiro atoms. The minimum absolute atomic E-state index is 0.00296. The van der Waals surface area contributed by atoms with Gasteiger partial charge >= 0.3 is 5.97 Å². The van der Waals surface area contributed by atoms with E-state index >= 15 is 0 Å². The standard InChI is InChI=1S/C11H12BrClFNO4S/c1-5(2)10(11(16)17)15-20(18,19)9-4-7(13)6(12)3-8(9)14/h3-5,10,15H,1-2H3,(H,16,17). The van der Waals surface area contributed by atoms with Crippen LogP contribution in [-0.4, -0.2) is 25.5 Å². The number of rotatable bonds is 5. The van der Waals surface area contributed by atoms with Gasteiger partial charge < -0.3 is 5.11 Å². The Hall–Kier alpha value is -0.700. The minimum atomic E-state index is -4.33. The highest BCUT2D eigenvalue weighted by atomic mass is 79.9. The van der Waals surface area contributed by atoms with Crippen molar-refractivity contribution in [2.24, 2.45) is 5.92 Å². The number of halogens is 3. The monoisotopic (exact) mass is 387 g/mol. The molecule has 1 rings (SSSR count). The molecule has 1 aromatic rings. The van der Waals surface area contributed by atoms with Gasteiger partial charge in [-0.15, -0.1) is 0 Å². The zero-order valence-electron chi connectivity index (χ0n) is 10.5. The molecule has 0 radical (unpaired) electrons. The number of sulfonamides is 1. The van der Waals surface area contributed by atoms with Crippen LogP contribution in [0.5, 0.6) is 0 Å². The second-order valence-electron chi connectivity index (χ2n) is 4.38. The second kappa shape index (κ2) is 6.38. The maximum atomic E-state index is 13.7. The molecule has 9 heteroatoms. The van der Waals surface area contributed by atoms with E-state index < -0.39 is 38.7 Å². The van der Waals surface area contributed by atoms with Gasteiger partial charge in [-0.1, -0.05) is 25.4 Å². The molecule has 0 amide bonds. The molecular formula is C11H12BrClFNO4S. The van der Waals surface area contributed by atoms with Gasteiger partial charge in [0.05, 0.1) is 5.02 Å². The highest BCUT2D eigenvalue weighted by molar-refractivity contribution is 9.10. The van der Waals surface area contributed by atoms with E-state index in [1.807, 2.05) is 4.72 Å². The van der Waals surface area contributed by atoms with Crippen LogP contribution in [0.4, 0.5) is 4.39 Å². The Morgan fingerprint density at radius 1 is 1.45 bits per heavy atom. The van der Waals surface area contributed by atoms with Crippen LogP contribution in [0.25, 0.3) is 0 Å². The summed E-state index contributed by atoms with van der Waals surface area (Å²) in [6.45, 7) is 3.07. The van der Waals surface area contributed by atoms with Crippen molar-refractivity contribution >= 4 is 43.5 Å². The lowest BCUT2D eigenvalue weighted by Crippen LogP contribution is -2.44. The number of carbonyl (C=O) groups is 1. The van der Waals surface area contributed by atoms with Gasteiger partial charge in [-0.3, -0.25) is 4.79 Å². The molecule has 2 N–H and O–H groups in total. The van der Waals surface area contributed by atoms with Crippen LogP contribution in [0.15, 0.2) is 21.5 Å². The first-order valence-corrected chi connectivity index (χ1v) is 8.11. The topological polar surface area (TPSA) is 83.5 Å². The van der Waals surface area contributed by atoms with Crippen molar-refractivity contribution in [1.82, 2.24) is 4.72 Å². The minimum Gasteiger partial charge on any atom is -0.480 e. The van der Waals surface area contributed by atoms with Gasteiger partial charge in [0.25, 0.3) is 0 Å². The number of hydrogen-bond acceptors (Lipinski definition) is 3. The van der Waals surface area contributed by atoms with E-state index in [4.69, 9.17) is 16.7 Å². The normalized spacial score (nSPS) is 13.5. The van der Waals surface area contributed by atoms with Gasteiger partial charge in [-0.25, -0.2) is 12.8 Å². The first kappa shape index (κ1) is 17.4. The van der Waals surface area contributed by atoms with Gasteiger partial charge in [0.2, 0.25) is 10.0 Å². The molecule has 20 heavy (non-hydrogen) atoms. The summed E-state index contributed by atoms with van der Waals surface area (Å²) >= 11 is 8.69. The third-order valence-corrected chi connectivity index (χ3v) is 5.13. The number of carboxylic acids is 1. The Labute approximate surface area is 129 Å². The molecule has 0 aliphatic carbocycles. The predicted octanol–water partition coefficient (Wildman–Crippen LogP) is 2.63. The first-order chi connectivity index (χ1) is 9.06. The number of aliphatic carboxylic acids is 1. The van der Waals surface area contributed by atoms with Crippen molar-refractivity contribution in [3.8, 4) is 0 Å². The summed E-state index contributed by atoms with van der Waals surface area (Å²) in [6.07, 6.45) is 0.